The van der Waals surface area contributed by atoms with Crippen molar-refractivity contribution in [1.29, 1.82) is 0 Å². The molecule has 0 spiro atoms. The molecular formula is C23H21N2O+. The molecule has 0 aliphatic rings. The highest BCUT2D eigenvalue weighted by atomic mass is 16.3. The van der Waals surface area contributed by atoms with E-state index < -0.39 is 0 Å². The molecule has 0 unspecified atom stereocenters. The lowest BCUT2D eigenvalue weighted by molar-refractivity contribution is -0.660. The van der Waals surface area contributed by atoms with E-state index in [-0.39, 0.29) is 0 Å². The molecule has 3 nitrogen and oxygen atoms in total. The Morgan fingerprint density at radius 2 is 1.85 bits per heavy atom. The first-order chi connectivity index (χ1) is 12.5. The van der Waals surface area contributed by atoms with E-state index in [0.717, 1.165) is 38.8 Å². The van der Waals surface area contributed by atoms with Gasteiger partial charge < -0.3 is 4.42 Å². The summed E-state index contributed by atoms with van der Waals surface area (Å²) in [6.07, 6.45) is 2.01. The van der Waals surface area contributed by atoms with Gasteiger partial charge in [0.15, 0.2) is 6.20 Å². The van der Waals surface area contributed by atoms with Crippen LogP contribution < -0.4 is 4.57 Å². The van der Waals surface area contributed by atoms with Crippen LogP contribution in [-0.2, 0) is 7.05 Å². The molecule has 0 saturated heterocycles. The summed E-state index contributed by atoms with van der Waals surface area (Å²) in [4.78, 5) is 3.98. The molecule has 0 N–H and O–H groups in total. The maximum Gasteiger partial charge on any atom is 0.212 e. The van der Waals surface area contributed by atoms with Gasteiger partial charge in [0, 0.05) is 22.9 Å². The third kappa shape index (κ3) is 2.30. The Bertz CT molecular complexity index is 1190. The van der Waals surface area contributed by atoms with Gasteiger partial charge in [-0.05, 0) is 42.2 Å². The van der Waals surface area contributed by atoms with E-state index in [1.807, 2.05) is 44.4 Å². The van der Waals surface area contributed by atoms with Crippen molar-refractivity contribution in [3.8, 4) is 11.3 Å². The van der Waals surface area contributed by atoms with Gasteiger partial charge in [-0.1, -0.05) is 26.0 Å². The summed E-state index contributed by atoms with van der Waals surface area (Å²) in [6, 6.07) is 14.3. The average molecular weight is 341 g/mol. The second-order valence-corrected chi connectivity index (χ2v) is 7.08. The van der Waals surface area contributed by atoms with Gasteiger partial charge in [0.25, 0.3) is 0 Å². The lowest BCUT2D eigenvalue weighted by Crippen LogP contribution is -2.30. The fourth-order valence-electron chi connectivity index (χ4n) is 3.81. The molecule has 0 aliphatic carbocycles. The Kier molecular flexibility index (Phi) is 3.77. The summed E-state index contributed by atoms with van der Waals surface area (Å²) in [7, 11) is 2.01. The molecule has 0 fully saturated rings. The topological polar surface area (TPSA) is 21.4 Å². The summed E-state index contributed by atoms with van der Waals surface area (Å²) < 4.78 is 8.20. The molecule has 0 amide bonds. The zero-order valence-electron chi connectivity index (χ0n) is 15.5. The highest BCUT2D eigenvalue weighted by Crippen LogP contribution is 2.45. The molecule has 2 aromatic carbocycles. The molecule has 4 aromatic rings. The van der Waals surface area contributed by atoms with Crippen molar-refractivity contribution < 1.29 is 8.98 Å². The van der Waals surface area contributed by atoms with Crippen LogP contribution in [0.3, 0.4) is 0 Å². The van der Waals surface area contributed by atoms with Gasteiger partial charge in [-0.3, -0.25) is 0 Å². The molecule has 0 atom stereocenters. The number of pyridine rings is 1. The van der Waals surface area contributed by atoms with Crippen LogP contribution in [0, 0.1) is 13.5 Å². The van der Waals surface area contributed by atoms with Gasteiger partial charge in [-0.15, -0.1) is 0 Å². The SMILES string of the molecule is [C-]#[N+]c1c(-c2cccc[n+]2C)c(C)cc2oc3cccc(C(C)C)c3c12. The highest BCUT2D eigenvalue weighted by molar-refractivity contribution is 6.16. The van der Waals surface area contributed by atoms with E-state index in [9.17, 15) is 0 Å². The summed E-state index contributed by atoms with van der Waals surface area (Å²) in [6.45, 7) is 14.4. The van der Waals surface area contributed by atoms with Crippen molar-refractivity contribution in [2.24, 2.45) is 7.05 Å². The van der Waals surface area contributed by atoms with Crippen molar-refractivity contribution in [2.45, 2.75) is 26.7 Å². The standard InChI is InChI=1S/C23H21N2O/c1-14(2)16-9-8-11-18-21(16)22-19(26-18)13-15(3)20(23(22)24-4)17-10-6-7-12-25(17)5/h6-14H,1-3,5H3/q+1. The van der Waals surface area contributed by atoms with Gasteiger partial charge in [0.2, 0.25) is 11.4 Å². The van der Waals surface area contributed by atoms with E-state index in [1.54, 1.807) is 0 Å². The minimum absolute atomic E-state index is 0.357. The number of aromatic nitrogens is 1. The zero-order chi connectivity index (χ0) is 18.4. The molecule has 0 saturated carbocycles. The van der Waals surface area contributed by atoms with Gasteiger partial charge in [0.1, 0.15) is 18.2 Å². The monoisotopic (exact) mass is 341 g/mol. The minimum atomic E-state index is 0.357. The van der Waals surface area contributed by atoms with E-state index in [4.69, 9.17) is 11.0 Å². The molecule has 4 rings (SSSR count). The van der Waals surface area contributed by atoms with Crippen molar-refractivity contribution in [3.63, 3.8) is 0 Å². The fourth-order valence-corrected chi connectivity index (χ4v) is 3.81. The largest absolute Gasteiger partial charge is 0.457 e. The first-order valence-electron chi connectivity index (χ1n) is 8.84. The zero-order valence-corrected chi connectivity index (χ0v) is 15.5. The quantitative estimate of drug-likeness (QED) is 0.321. The van der Waals surface area contributed by atoms with Crippen LogP contribution in [0.15, 0.2) is 53.1 Å². The van der Waals surface area contributed by atoms with Crippen molar-refractivity contribution in [3.05, 3.63) is 71.2 Å². The number of benzene rings is 2. The number of furan rings is 1. The maximum atomic E-state index is 7.95. The predicted molar refractivity (Wildman–Crippen MR) is 105 cm³/mol. The summed E-state index contributed by atoms with van der Waals surface area (Å²) in [5.74, 6) is 0.357. The van der Waals surface area contributed by atoms with E-state index in [1.165, 1.54) is 5.56 Å². The van der Waals surface area contributed by atoms with Crippen molar-refractivity contribution in [2.75, 3.05) is 0 Å². The van der Waals surface area contributed by atoms with Crippen molar-refractivity contribution in [1.82, 2.24) is 0 Å². The van der Waals surface area contributed by atoms with Crippen LogP contribution in [0.5, 0.6) is 0 Å². The molecule has 0 bridgehead atoms. The van der Waals surface area contributed by atoms with Gasteiger partial charge >= 0.3 is 0 Å². The number of fused-ring (bicyclic) bond motifs is 3. The number of hydrogen-bond donors (Lipinski definition) is 0. The third-order valence-electron chi connectivity index (χ3n) is 5.04. The maximum absolute atomic E-state index is 7.95. The lowest BCUT2D eigenvalue weighted by Gasteiger charge is -2.10. The normalized spacial score (nSPS) is 11.4. The van der Waals surface area contributed by atoms with Gasteiger partial charge in [-0.2, -0.15) is 0 Å². The molecule has 0 aliphatic heterocycles. The smallest absolute Gasteiger partial charge is 0.212 e. The van der Waals surface area contributed by atoms with E-state index >= 15 is 0 Å². The Hall–Kier alpha value is -3.12. The van der Waals surface area contributed by atoms with E-state index in [0.29, 0.717) is 11.6 Å². The van der Waals surface area contributed by atoms with Crippen LogP contribution in [0.25, 0.3) is 38.0 Å². The third-order valence-corrected chi connectivity index (χ3v) is 5.04. The Morgan fingerprint density at radius 1 is 1.04 bits per heavy atom. The molecule has 128 valence electrons. The van der Waals surface area contributed by atoms with Gasteiger partial charge in [0.05, 0.1) is 12.1 Å². The average Bonchev–Trinajstić information content (AvgIpc) is 2.99. The molecule has 26 heavy (non-hydrogen) atoms. The second-order valence-electron chi connectivity index (χ2n) is 7.08. The van der Waals surface area contributed by atoms with E-state index in [2.05, 4.69) is 41.5 Å². The number of rotatable bonds is 2. The van der Waals surface area contributed by atoms with Crippen LogP contribution >= 0.6 is 0 Å². The number of aryl methyl sites for hydroxylation is 2. The number of hydrogen-bond acceptors (Lipinski definition) is 1. The van der Waals surface area contributed by atoms with Crippen molar-refractivity contribution >= 4 is 27.6 Å². The minimum Gasteiger partial charge on any atom is -0.457 e. The van der Waals surface area contributed by atoms with Crippen LogP contribution in [-0.4, -0.2) is 0 Å². The summed E-state index contributed by atoms with van der Waals surface area (Å²) >= 11 is 0. The van der Waals surface area contributed by atoms with Crippen LogP contribution in [0.1, 0.15) is 30.9 Å². The van der Waals surface area contributed by atoms with Crippen LogP contribution in [0.4, 0.5) is 5.69 Å². The Morgan fingerprint density at radius 3 is 2.54 bits per heavy atom. The molecular weight excluding hydrogens is 320 g/mol. The van der Waals surface area contributed by atoms with Crippen LogP contribution in [0.2, 0.25) is 0 Å². The van der Waals surface area contributed by atoms with Gasteiger partial charge in [-0.25, -0.2) is 9.41 Å². The first kappa shape index (κ1) is 16.4. The lowest BCUT2D eigenvalue weighted by atomic mass is 9.93. The first-order valence-corrected chi connectivity index (χ1v) is 8.84. The predicted octanol–water partition coefficient (Wildman–Crippen LogP) is 6.06. The fraction of sp³-hybridized carbons (Fsp3) is 0.217. The summed E-state index contributed by atoms with van der Waals surface area (Å²) in [5.41, 5.74) is 6.61. The Balaban J connectivity index is 2.23. The summed E-state index contributed by atoms with van der Waals surface area (Å²) in [5, 5.41) is 2.01. The second kappa shape index (κ2) is 6.00. The molecule has 2 heterocycles. The molecule has 0 radical (unpaired) electrons. The Labute approximate surface area is 153 Å². The molecule has 2 aromatic heterocycles. The number of nitrogens with zero attached hydrogens (tertiary/aromatic N) is 2. The molecule has 3 heteroatoms. The highest BCUT2D eigenvalue weighted by Gasteiger charge is 2.24.